The zero-order valence-corrected chi connectivity index (χ0v) is 17.4. The first-order valence-corrected chi connectivity index (χ1v) is 9.61. The summed E-state index contributed by atoms with van der Waals surface area (Å²) in [5.41, 5.74) is -0.955. The summed E-state index contributed by atoms with van der Waals surface area (Å²) < 4.78 is 14.8. The Morgan fingerprint density at radius 3 is 2.61 bits per heavy atom. The topological polar surface area (TPSA) is 152 Å². The number of nitro benzene ring substituents is 1. The van der Waals surface area contributed by atoms with Gasteiger partial charge in [0.25, 0.3) is 5.91 Å². The summed E-state index contributed by atoms with van der Waals surface area (Å²) >= 11 is 0. The standard InChI is InChI=1S/C20H23N3O8/c1-4-22(5-2)19(25)13(11-21)9-12-10-15(31-20(26)29-3)18(24)17(23(27)28)16(12)14-7-6-8-30-14/h9-10,14,24H,4-8H2,1-3H3/b13-9+. The maximum absolute atomic E-state index is 12.7. The first kappa shape index (κ1) is 23.6. The number of ether oxygens (including phenoxy) is 3. The van der Waals surface area contributed by atoms with E-state index in [2.05, 4.69) is 4.74 Å². The van der Waals surface area contributed by atoms with E-state index in [1.54, 1.807) is 13.8 Å². The van der Waals surface area contributed by atoms with Gasteiger partial charge in [-0.3, -0.25) is 14.9 Å². The van der Waals surface area contributed by atoms with Crippen molar-refractivity contribution in [3.8, 4) is 17.6 Å². The molecule has 11 heteroatoms. The molecule has 1 amide bonds. The molecule has 31 heavy (non-hydrogen) atoms. The molecular formula is C20H23N3O8. The molecule has 1 aliphatic heterocycles. The number of methoxy groups -OCH3 is 1. The molecule has 1 heterocycles. The van der Waals surface area contributed by atoms with Gasteiger partial charge in [-0.25, -0.2) is 4.79 Å². The number of hydrogen-bond acceptors (Lipinski definition) is 9. The SMILES string of the molecule is CCN(CC)C(=O)/C(C#N)=C/c1cc(OC(=O)OC)c(O)c([N+](=O)[O-])c1C1CCCO1. The van der Waals surface area contributed by atoms with E-state index in [0.717, 1.165) is 13.2 Å². The zero-order valence-electron chi connectivity index (χ0n) is 17.4. The molecule has 1 aliphatic rings. The van der Waals surface area contributed by atoms with Gasteiger partial charge in [0.2, 0.25) is 5.75 Å². The van der Waals surface area contributed by atoms with E-state index in [1.165, 1.54) is 11.0 Å². The minimum absolute atomic E-state index is 0.00249. The maximum Gasteiger partial charge on any atom is 0.513 e. The third kappa shape index (κ3) is 5.10. The first-order valence-electron chi connectivity index (χ1n) is 9.61. The molecule has 1 atom stereocenters. The molecule has 0 bridgehead atoms. The number of rotatable bonds is 7. The van der Waals surface area contributed by atoms with Crippen molar-refractivity contribution < 1.29 is 33.8 Å². The molecular weight excluding hydrogens is 410 g/mol. The highest BCUT2D eigenvalue weighted by Gasteiger charge is 2.35. The zero-order chi connectivity index (χ0) is 23.1. The van der Waals surface area contributed by atoms with Gasteiger partial charge in [0, 0.05) is 19.7 Å². The van der Waals surface area contributed by atoms with Gasteiger partial charge in [-0.15, -0.1) is 0 Å². The molecule has 1 saturated heterocycles. The highest BCUT2D eigenvalue weighted by Crippen LogP contribution is 2.47. The van der Waals surface area contributed by atoms with Crippen LogP contribution in [0.25, 0.3) is 6.08 Å². The van der Waals surface area contributed by atoms with E-state index >= 15 is 0 Å². The fraction of sp³-hybridized carbons (Fsp3) is 0.450. The predicted octanol–water partition coefficient (Wildman–Crippen LogP) is 3.07. The summed E-state index contributed by atoms with van der Waals surface area (Å²) in [6.07, 6.45) is 0.297. The van der Waals surface area contributed by atoms with Crippen molar-refractivity contribution in [3.63, 3.8) is 0 Å². The fourth-order valence-corrected chi connectivity index (χ4v) is 3.30. The normalized spacial score (nSPS) is 15.8. The Morgan fingerprint density at radius 2 is 2.13 bits per heavy atom. The van der Waals surface area contributed by atoms with Crippen LogP contribution in [0.3, 0.4) is 0 Å². The van der Waals surface area contributed by atoms with Crippen LogP contribution in [0.2, 0.25) is 0 Å². The second-order valence-electron chi connectivity index (χ2n) is 6.54. The van der Waals surface area contributed by atoms with Crippen LogP contribution in [-0.4, -0.2) is 53.8 Å². The number of phenolic OH excluding ortho intramolecular Hbond substituents is 1. The van der Waals surface area contributed by atoms with E-state index in [4.69, 9.17) is 9.47 Å². The average molecular weight is 433 g/mol. The van der Waals surface area contributed by atoms with E-state index in [1.807, 2.05) is 6.07 Å². The van der Waals surface area contributed by atoms with Crippen LogP contribution in [0, 0.1) is 21.4 Å². The van der Waals surface area contributed by atoms with Gasteiger partial charge in [0.05, 0.1) is 23.7 Å². The van der Waals surface area contributed by atoms with Crippen molar-refractivity contribution in [2.24, 2.45) is 0 Å². The molecule has 1 aromatic carbocycles. The summed E-state index contributed by atoms with van der Waals surface area (Å²) in [6.45, 7) is 4.58. The summed E-state index contributed by atoms with van der Waals surface area (Å²) in [7, 11) is 1.03. The number of hydrogen-bond donors (Lipinski definition) is 1. The molecule has 166 valence electrons. The molecule has 1 aromatic rings. The number of nitriles is 1. The average Bonchev–Trinajstić information content (AvgIpc) is 3.28. The molecule has 0 aromatic heterocycles. The number of aromatic hydroxyl groups is 1. The van der Waals surface area contributed by atoms with Crippen molar-refractivity contribution in [3.05, 3.63) is 32.9 Å². The van der Waals surface area contributed by atoms with Crippen LogP contribution in [-0.2, 0) is 14.3 Å². The lowest BCUT2D eigenvalue weighted by Crippen LogP contribution is -2.31. The predicted molar refractivity (Wildman–Crippen MR) is 107 cm³/mol. The Hall–Kier alpha value is -3.65. The molecule has 11 nitrogen and oxygen atoms in total. The number of nitrogens with zero attached hydrogens (tertiary/aromatic N) is 3. The van der Waals surface area contributed by atoms with Crippen LogP contribution in [0.4, 0.5) is 10.5 Å². The molecule has 0 spiro atoms. The summed E-state index contributed by atoms with van der Waals surface area (Å²) in [6, 6.07) is 2.96. The monoisotopic (exact) mass is 433 g/mol. The van der Waals surface area contributed by atoms with Gasteiger partial charge in [0.15, 0.2) is 5.75 Å². The number of carbonyl (C=O) groups excluding carboxylic acids is 2. The first-order chi connectivity index (χ1) is 14.8. The highest BCUT2D eigenvalue weighted by atomic mass is 16.7. The summed E-state index contributed by atoms with van der Waals surface area (Å²) in [4.78, 5) is 36.6. The number of amides is 1. The van der Waals surface area contributed by atoms with Gasteiger partial charge in [-0.1, -0.05) is 0 Å². The Balaban J connectivity index is 2.78. The molecule has 0 saturated carbocycles. The third-order valence-electron chi connectivity index (χ3n) is 4.81. The Bertz CT molecular complexity index is 941. The lowest BCUT2D eigenvalue weighted by molar-refractivity contribution is -0.387. The molecule has 1 fully saturated rings. The van der Waals surface area contributed by atoms with E-state index < -0.39 is 40.3 Å². The molecule has 0 aliphatic carbocycles. The quantitative estimate of drug-likeness (QED) is 0.171. The van der Waals surface area contributed by atoms with Gasteiger partial charge in [-0.2, -0.15) is 5.26 Å². The lowest BCUT2D eigenvalue weighted by atomic mass is 9.95. The minimum atomic E-state index is -1.20. The maximum atomic E-state index is 12.7. The third-order valence-corrected chi connectivity index (χ3v) is 4.81. The summed E-state index contributed by atoms with van der Waals surface area (Å²) in [5, 5.41) is 31.8. The Morgan fingerprint density at radius 1 is 1.45 bits per heavy atom. The lowest BCUT2D eigenvalue weighted by Gasteiger charge is -2.19. The second-order valence-corrected chi connectivity index (χ2v) is 6.54. The van der Waals surface area contributed by atoms with Crippen molar-refractivity contribution in [1.29, 1.82) is 5.26 Å². The molecule has 1 N–H and O–H groups in total. The Labute approximate surface area is 178 Å². The molecule has 1 unspecified atom stereocenters. The fourth-order valence-electron chi connectivity index (χ4n) is 3.30. The van der Waals surface area contributed by atoms with Crippen molar-refractivity contribution in [2.75, 3.05) is 26.8 Å². The highest BCUT2D eigenvalue weighted by molar-refractivity contribution is 6.02. The number of likely N-dealkylation sites (N-methyl/N-ethyl adjacent to an activating group) is 1. The number of nitro groups is 1. The Kier molecular flexibility index (Phi) is 7.93. The van der Waals surface area contributed by atoms with Crippen molar-refractivity contribution in [2.45, 2.75) is 32.8 Å². The smallest absolute Gasteiger partial charge is 0.499 e. The van der Waals surface area contributed by atoms with Crippen molar-refractivity contribution in [1.82, 2.24) is 4.90 Å². The van der Waals surface area contributed by atoms with Crippen LogP contribution >= 0.6 is 0 Å². The van der Waals surface area contributed by atoms with Crippen LogP contribution < -0.4 is 4.74 Å². The molecule has 2 rings (SSSR count). The number of benzene rings is 1. The largest absolute Gasteiger partial charge is 0.513 e. The summed E-state index contributed by atoms with van der Waals surface area (Å²) in [5.74, 6) is -1.98. The van der Waals surface area contributed by atoms with Crippen LogP contribution in [0.5, 0.6) is 11.5 Å². The van der Waals surface area contributed by atoms with Gasteiger partial charge in [0.1, 0.15) is 11.6 Å². The van der Waals surface area contributed by atoms with E-state index in [0.29, 0.717) is 32.5 Å². The van der Waals surface area contributed by atoms with Crippen molar-refractivity contribution >= 4 is 23.8 Å². The second kappa shape index (κ2) is 10.4. The molecule has 0 radical (unpaired) electrons. The van der Waals surface area contributed by atoms with Crippen LogP contribution in [0.15, 0.2) is 11.6 Å². The van der Waals surface area contributed by atoms with E-state index in [-0.39, 0.29) is 16.7 Å². The van der Waals surface area contributed by atoms with Gasteiger partial charge >= 0.3 is 11.8 Å². The van der Waals surface area contributed by atoms with Crippen LogP contribution in [0.1, 0.15) is 43.9 Å². The minimum Gasteiger partial charge on any atom is -0.499 e. The van der Waals surface area contributed by atoms with Gasteiger partial charge < -0.3 is 24.2 Å². The van der Waals surface area contributed by atoms with Gasteiger partial charge in [-0.05, 0) is 44.4 Å². The van der Waals surface area contributed by atoms with E-state index in [9.17, 15) is 30.1 Å². The number of phenols is 1. The number of carbonyl (C=O) groups is 2.